The molecule has 0 saturated carbocycles. The third-order valence-corrected chi connectivity index (χ3v) is 7.99. The molecule has 1 amide bonds. The molecule has 0 unspecified atom stereocenters. The first kappa shape index (κ1) is 25.9. The number of ether oxygens (including phenoxy) is 1. The highest BCUT2D eigenvalue weighted by atomic mass is 32.2. The Bertz CT molecular complexity index is 1440. The minimum Gasteiger partial charge on any atom is -0.497 e. The van der Waals surface area contributed by atoms with Gasteiger partial charge in [-0.15, -0.1) is 0 Å². The zero-order valence-corrected chi connectivity index (χ0v) is 23.4. The third kappa shape index (κ3) is 5.14. The molecule has 38 heavy (non-hydrogen) atoms. The van der Waals surface area contributed by atoms with Crippen molar-refractivity contribution < 1.29 is 9.53 Å². The Kier molecular flexibility index (Phi) is 7.17. The first-order valence-corrected chi connectivity index (χ1v) is 13.7. The number of thioether (sulfide) groups is 1. The first-order valence-electron chi connectivity index (χ1n) is 12.9. The van der Waals surface area contributed by atoms with Gasteiger partial charge in [0.2, 0.25) is 0 Å². The summed E-state index contributed by atoms with van der Waals surface area (Å²) in [5, 5.41) is 0.677. The molecule has 1 fully saturated rings. The normalized spacial score (nSPS) is 18.7. The molecule has 0 radical (unpaired) electrons. The molecule has 194 valence electrons. The standard InChI is InChI=1S/C32H33N3O2S/c1-6-35-28-17-14-24(18-27(28)22(2)20-32(35,3)4)19-29-30(36)34(21-23-12-15-26(37-5)16-13-23)31(38-29)33-25-10-8-7-9-11-25/h7-20H,6,21H2,1-5H3/b29-19+,33-31?. The maximum absolute atomic E-state index is 13.7. The summed E-state index contributed by atoms with van der Waals surface area (Å²) >= 11 is 1.42. The number of methoxy groups -OCH3 is 1. The number of allylic oxidation sites excluding steroid dienone is 1. The van der Waals surface area contributed by atoms with E-state index in [9.17, 15) is 4.79 Å². The number of fused-ring (bicyclic) bond motifs is 1. The van der Waals surface area contributed by atoms with Crippen LogP contribution in [-0.4, -0.2) is 35.2 Å². The molecule has 2 aliphatic heterocycles. The van der Waals surface area contributed by atoms with Gasteiger partial charge in [-0.05, 0) is 98.6 Å². The smallest absolute Gasteiger partial charge is 0.267 e. The summed E-state index contributed by atoms with van der Waals surface area (Å²) in [6.45, 7) is 10.2. The van der Waals surface area contributed by atoms with Gasteiger partial charge in [-0.1, -0.05) is 42.5 Å². The van der Waals surface area contributed by atoms with Gasteiger partial charge in [0.15, 0.2) is 5.17 Å². The van der Waals surface area contributed by atoms with E-state index >= 15 is 0 Å². The number of likely N-dealkylation sites (N-methyl/N-ethyl adjacent to an activating group) is 1. The van der Waals surface area contributed by atoms with Crippen molar-refractivity contribution in [3.8, 4) is 5.75 Å². The quantitative estimate of drug-likeness (QED) is 0.314. The fourth-order valence-corrected chi connectivity index (χ4v) is 6.18. The minimum atomic E-state index is -0.0400. The number of rotatable bonds is 6. The molecule has 6 heteroatoms. The van der Waals surface area contributed by atoms with Crippen molar-refractivity contribution in [3.05, 3.63) is 100 Å². The number of carbonyl (C=O) groups is 1. The Morgan fingerprint density at radius 1 is 1.03 bits per heavy atom. The number of hydrogen-bond acceptors (Lipinski definition) is 5. The van der Waals surface area contributed by atoms with Crippen molar-refractivity contribution in [1.29, 1.82) is 0 Å². The SMILES string of the molecule is CCN1c2ccc(/C=C3/SC(=Nc4ccccc4)N(Cc4ccc(OC)cc4)C3=O)cc2C(C)=CC1(C)C. The Morgan fingerprint density at radius 3 is 2.45 bits per heavy atom. The van der Waals surface area contributed by atoms with Crippen LogP contribution < -0.4 is 9.64 Å². The van der Waals surface area contributed by atoms with E-state index in [-0.39, 0.29) is 11.4 Å². The monoisotopic (exact) mass is 523 g/mol. The van der Waals surface area contributed by atoms with Crippen molar-refractivity contribution in [2.45, 2.75) is 39.8 Å². The summed E-state index contributed by atoms with van der Waals surface area (Å²) < 4.78 is 5.29. The average molecular weight is 524 g/mol. The number of carbonyl (C=O) groups excluding carboxylic acids is 1. The van der Waals surface area contributed by atoms with Gasteiger partial charge >= 0.3 is 0 Å². The van der Waals surface area contributed by atoms with Crippen LogP contribution in [0.1, 0.15) is 44.4 Å². The number of amidine groups is 1. The van der Waals surface area contributed by atoms with Crippen molar-refractivity contribution >= 4 is 45.9 Å². The highest BCUT2D eigenvalue weighted by Crippen LogP contribution is 2.40. The Balaban J connectivity index is 1.49. The van der Waals surface area contributed by atoms with Crippen LogP contribution in [0.4, 0.5) is 11.4 Å². The van der Waals surface area contributed by atoms with E-state index in [1.54, 1.807) is 12.0 Å². The lowest BCUT2D eigenvalue weighted by Gasteiger charge is -2.42. The van der Waals surface area contributed by atoms with Crippen LogP contribution in [0.3, 0.4) is 0 Å². The number of hydrogen-bond donors (Lipinski definition) is 0. The second-order valence-electron chi connectivity index (χ2n) is 10.1. The lowest BCUT2D eigenvalue weighted by molar-refractivity contribution is -0.122. The first-order chi connectivity index (χ1) is 18.3. The van der Waals surface area contributed by atoms with Gasteiger partial charge in [-0.25, -0.2) is 4.99 Å². The number of para-hydroxylation sites is 1. The molecule has 0 aliphatic carbocycles. The number of aliphatic imine (C=N–C) groups is 1. The summed E-state index contributed by atoms with van der Waals surface area (Å²) in [6, 6.07) is 24.1. The van der Waals surface area contributed by atoms with E-state index in [0.29, 0.717) is 16.6 Å². The third-order valence-electron chi connectivity index (χ3n) is 6.98. The summed E-state index contributed by atoms with van der Waals surface area (Å²) in [4.78, 5) is 23.4. The molecule has 1 saturated heterocycles. The van der Waals surface area contributed by atoms with Gasteiger partial charge in [0.25, 0.3) is 5.91 Å². The number of benzene rings is 3. The fourth-order valence-electron chi connectivity index (χ4n) is 5.18. The topological polar surface area (TPSA) is 45.1 Å². The van der Waals surface area contributed by atoms with Gasteiger partial charge in [0, 0.05) is 17.8 Å². The van der Waals surface area contributed by atoms with E-state index in [4.69, 9.17) is 9.73 Å². The molecule has 2 aliphatic rings. The predicted octanol–water partition coefficient (Wildman–Crippen LogP) is 7.52. The predicted molar refractivity (Wildman–Crippen MR) is 160 cm³/mol. The molecule has 0 N–H and O–H groups in total. The molecule has 0 atom stereocenters. The van der Waals surface area contributed by atoms with Crippen molar-refractivity contribution in [3.63, 3.8) is 0 Å². The van der Waals surface area contributed by atoms with Gasteiger partial charge in [-0.2, -0.15) is 0 Å². The fraction of sp³-hybridized carbons (Fsp3) is 0.250. The van der Waals surface area contributed by atoms with Gasteiger partial charge < -0.3 is 9.64 Å². The molecule has 3 aromatic rings. The van der Waals surface area contributed by atoms with Crippen molar-refractivity contribution in [2.75, 3.05) is 18.6 Å². The number of amides is 1. The summed E-state index contributed by atoms with van der Waals surface area (Å²) in [5.74, 6) is 0.748. The maximum atomic E-state index is 13.7. The lowest BCUT2D eigenvalue weighted by atomic mass is 9.88. The van der Waals surface area contributed by atoms with E-state index < -0.39 is 0 Å². The minimum absolute atomic E-state index is 0.0339. The van der Waals surface area contributed by atoms with Crippen LogP contribution in [0, 0.1) is 0 Å². The summed E-state index contributed by atoms with van der Waals surface area (Å²) in [7, 11) is 1.65. The molecular formula is C32H33N3O2S. The molecule has 5 rings (SSSR count). The maximum Gasteiger partial charge on any atom is 0.267 e. The molecule has 0 spiro atoms. The second-order valence-corrected chi connectivity index (χ2v) is 11.1. The average Bonchev–Trinajstić information content (AvgIpc) is 3.18. The van der Waals surface area contributed by atoms with Crippen LogP contribution in [0.5, 0.6) is 5.75 Å². The molecule has 2 heterocycles. The second kappa shape index (κ2) is 10.5. The summed E-state index contributed by atoms with van der Waals surface area (Å²) in [5.41, 5.74) is 6.51. The number of nitrogens with zero attached hydrogens (tertiary/aromatic N) is 3. The summed E-state index contributed by atoms with van der Waals surface area (Å²) in [6.07, 6.45) is 4.32. The highest BCUT2D eigenvalue weighted by Gasteiger charge is 2.34. The molecule has 5 nitrogen and oxygen atoms in total. The molecule has 3 aromatic carbocycles. The molecule has 0 aromatic heterocycles. The Hall–Kier alpha value is -3.77. The van der Waals surface area contributed by atoms with Gasteiger partial charge in [0.05, 0.1) is 29.8 Å². The van der Waals surface area contributed by atoms with Crippen LogP contribution in [0.2, 0.25) is 0 Å². The zero-order chi connectivity index (χ0) is 26.9. The van der Waals surface area contributed by atoms with Crippen molar-refractivity contribution in [1.82, 2.24) is 4.90 Å². The van der Waals surface area contributed by atoms with E-state index in [0.717, 1.165) is 29.1 Å². The Labute approximate surface area is 229 Å². The highest BCUT2D eigenvalue weighted by molar-refractivity contribution is 8.18. The van der Waals surface area contributed by atoms with Crippen LogP contribution in [-0.2, 0) is 11.3 Å². The molecular weight excluding hydrogens is 490 g/mol. The van der Waals surface area contributed by atoms with E-state index in [1.807, 2.05) is 60.7 Å². The van der Waals surface area contributed by atoms with Gasteiger partial charge in [0.1, 0.15) is 5.75 Å². The van der Waals surface area contributed by atoms with E-state index in [1.165, 1.54) is 28.6 Å². The van der Waals surface area contributed by atoms with Crippen LogP contribution >= 0.6 is 11.8 Å². The number of anilines is 1. The largest absolute Gasteiger partial charge is 0.497 e. The van der Waals surface area contributed by atoms with Crippen molar-refractivity contribution in [2.24, 2.45) is 4.99 Å². The van der Waals surface area contributed by atoms with Crippen LogP contribution in [0.25, 0.3) is 11.6 Å². The molecule has 0 bridgehead atoms. The Morgan fingerprint density at radius 2 is 1.76 bits per heavy atom. The van der Waals surface area contributed by atoms with E-state index in [2.05, 4.69) is 56.9 Å². The van der Waals surface area contributed by atoms with Crippen LogP contribution in [0.15, 0.2) is 88.8 Å². The van der Waals surface area contributed by atoms with Gasteiger partial charge in [-0.3, -0.25) is 9.69 Å². The zero-order valence-electron chi connectivity index (χ0n) is 22.6. The lowest BCUT2D eigenvalue weighted by Crippen LogP contribution is -2.44.